The molecule has 0 spiro atoms. The van der Waals surface area contributed by atoms with Gasteiger partial charge in [0.25, 0.3) is 0 Å². The highest BCUT2D eigenvalue weighted by molar-refractivity contribution is 8.76. The Hall–Kier alpha value is -1.13. The van der Waals surface area contributed by atoms with Crippen LogP contribution in [0.1, 0.15) is 20.8 Å². The van der Waals surface area contributed by atoms with Crippen molar-refractivity contribution in [2.75, 3.05) is 11.5 Å². The quantitative estimate of drug-likeness (QED) is 0.372. The lowest BCUT2D eigenvalue weighted by molar-refractivity contribution is -0.139. The maximum atomic E-state index is 11.5. The maximum Gasteiger partial charge on any atom is 0.408 e. The first-order valence-electron chi connectivity index (χ1n) is 5.98. The number of rotatable bonds is 8. The molecule has 1 amide bonds. The van der Waals surface area contributed by atoms with Crippen LogP contribution in [0.2, 0.25) is 0 Å². The largest absolute Gasteiger partial charge is 0.480 e. The molecule has 10 heteroatoms. The highest BCUT2D eigenvalue weighted by Crippen LogP contribution is 2.22. The summed E-state index contributed by atoms with van der Waals surface area (Å²) in [4.78, 5) is 33.0. The Morgan fingerprint density at radius 1 is 1.14 bits per heavy atom. The van der Waals surface area contributed by atoms with Crippen molar-refractivity contribution in [3.05, 3.63) is 0 Å². The maximum absolute atomic E-state index is 11.5. The van der Waals surface area contributed by atoms with Crippen LogP contribution < -0.4 is 11.1 Å². The minimum absolute atomic E-state index is 0.0611. The van der Waals surface area contributed by atoms with Gasteiger partial charge in [-0.25, -0.2) is 9.59 Å². The van der Waals surface area contributed by atoms with Gasteiger partial charge in [0.2, 0.25) is 0 Å². The van der Waals surface area contributed by atoms with Gasteiger partial charge in [-0.15, -0.1) is 0 Å². The molecule has 0 aromatic carbocycles. The third-order valence-corrected chi connectivity index (χ3v) is 4.32. The first-order chi connectivity index (χ1) is 9.53. The molecule has 0 aliphatic heterocycles. The Kier molecular flexibility index (Phi) is 8.52. The molecule has 0 aromatic rings. The van der Waals surface area contributed by atoms with E-state index in [0.717, 1.165) is 21.6 Å². The number of carbonyl (C=O) groups is 3. The third-order valence-electron chi connectivity index (χ3n) is 1.87. The first-order valence-corrected chi connectivity index (χ1v) is 8.47. The van der Waals surface area contributed by atoms with Crippen LogP contribution in [-0.4, -0.2) is 57.4 Å². The minimum Gasteiger partial charge on any atom is -0.480 e. The molecule has 0 aromatic heterocycles. The Balaban J connectivity index is 4.18. The average Bonchev–Trinajstić information content (AvgIpc) is 2.29. The zero-order chi connectivity index (χ0) is 16.6. The number of hydrogen-bond donors (Lipinski definition) is 4. The van der Waals surface area contributed by atoms with Crippen LogP contribution >= 0.6 is 21.6 Å². The van der Waals surface area contributed by atoms with Crippen LogP contribution in [0.5, 0.6) is 0 Å². The van der Waals surface area contributed by atoms with Gasteiger partial charge in [-0.05, 0) is 20.8 Å². The molecule has 5 N–H and O–H groups in total. The number of carbonyl (C=O) groups excluding carboxylic acids is 1. The lowest BCUT2D eigenvalue weighted by Crippen LogP contribution is -2.44. The van der Waals surface area contributed by atoms with Gasteiger partial charge in [0.15, 0.2) is 0 Å². The van der Waals surface area contributed by atoms with E-state index in [1.165, 1.54) is 0 Å². The lowest BCUT2D eigenvalue weighted by atomic mass is 10.2. The van der Waals surface area contributed by atoms with Gasteiger partial charge in [-0.3, -0.25) is 4.79 Å². The summed E-state index contributed by atoms with van der Waals surface area (Å²) in [5.41, 5.74) is 4.58. The SMILES string of the molecule is CC(C)(C)OC(=O)N[C@@H](CSSCC(N)C(=O)O)C(=O)O. The zero-order valence-corrected chi connectivity index (χ0v) is 13.6. The molecule has 21 heavy (non-hydrogen) atoms. The van der Waals surface area contributed by atoms with E-state index < -0.39 is 35.7 Å². The van der Waals surface area contributed by atoms with Crippen LogP contribution in [0.3, 0.4) is 0 Å². The molecule has 0 aliphatic rings. The van der Waals surface area contributed by atoms with E-state index in [1.54, 1.807) is 20.8 Å². The second-order valence-electron chi connectivity index (χ2n) is 5.05. The van der Waals surface area contributed by atoms with Crippen molar-refractivity contribution in [1.82, 2.24) is 5.32 Å². The lowest BCUT2D eigenvalue weighted by Gasteiger charge is -2.21. The molecular weight excluding hydrogens is 320 g/mol. The van der Waals surface area contributed by atoms with Crippen LogP contribution in [-0.2, 0) is 14.3 Å². The Morgan fingerprint density at radius 3 is 2.10 bits per heavy atom. The standard InChI is InChI=1S/C11H20N2O6S2/c1-11(2,3)19-10(18)13-7(9(16)17)5-21-20-4-6(12)8(14)15/h6-7H,4-5,12H2,1-3H3,(H,13,18)(H,14,15)(H,16,17)/t6?,7-/m0/s1. The van der Waals surface area contributed by atoms with Gasteiger partial charge in [-0.1, -0.05) is 21.6 Å². The summed E-state index contributed by atoms with van der Waals surface area (Å²) in [6.45, 7) is 5.00. The van der Waals surface area contributed by atoms with Crippen LogP contribution in [0.4, 0.5) is 4.79 Å². The fraction of sp³-hybridized carbons (Fsp3) is 0.727. The molecule has 1 unspecified atom stereocenters. The molecule has 122 valence electrons. The van der Waals surface area contributed by atoms with Crippen molar-refractivity contribution in [2.24, 2.45) is 5.73 Å². The van der Waals surface area contributed by atoms with Crippen LogP contribution in [0, 0.1) is 0 Å². The normalized spacial score (nSPS) is 14.1. The van der Waals surface area contributed by atoms with Gasteiger partial charge in [0.1, 0.15) is 17.7 Å². The number of amides is 1. The molecule has 0 radical (unpaired) electrons. The zero-order valence-electron chi connectivity index (χ0n) is 12.0. The second-order valence-corrected chi connectivity index (χ2v) is 7.60. The Bertz CT molecular complexity index is 385. The Labute approximate surface area is 130 Å². The smallest absolute Gasteiger partial charge is 0.408 e. The van der Waals surface area contributed by atoms with Crippen molar-refractivity contribution in [3.63, 3.8) is 0 Å². The molecule has 0 rings (SSSR count). The summed E-state index contributed by atoms with van der Waals surface area (Å²) in [6, 6.07) is -2.14. The topological polar surface area (TPSA) is 139 Å². The fourth-order valence-electron chi connectivity index (χ4n) is 0.933. The number of aliphatic carboxylic acids is 2. The molecule has 0 heterocycles. The van der Waals surface area contributed by atoms with Crippen LogP contribution in [0.25, 0.3) is 0 Å². The van der Waals surface area contributed by atoms with E-state index in [9.17, 15) is 14.4 Å². The number of nitrogens with two attached hydrogens (primary N) is 1. The number of ether oxygens (including phenoxy) is 1. The van der Waals surface area contributed by atoms with Gasteiger partial charge in [0, 0.05) is 11.5 Å². The predicted octanol–water partition coefficient (Wildman–Crippen LogP) is 0.758. The van der Waals surface area contributed by atoms with Gasteiger partial charge < -0.3 is 26.0 Å². The second kappa shape index (κ2) is 9.00. The molecule has 0 aliphatic carbocycles. The monoisotopic (exact) mass is 340 g/mol. The van der Waals surface area contributed by atoms with Gasteiger partial charge in [0.05, 0.1) is 0 Å². The van der Waals surface area contributed by atoms with E-state index in [0.29, 0.717) is 0 Å². The number of carboxylic acids is 2. The number of hydrogen-bond acceptors (Lipinski definition) is 7. The van der Waals surface area contributed by atoms with Crippen molar-refractivity contribution >= 4 is 39.6 Å². The van der Waals surface area contributed by atoms with E-state index in [1.807, 2.05) is 0 Å². The minimum atomic E-state index is -1.20. The van der Waals surface area contributed by atoms with E-state index in [4.69, 9.17) is 20.7 Å². The molecular formula is C11H20N2O6S2. The summed E-state index contributed by atoms with van der Waals surface area (Å²) in [5, 5.41) is 19.8. The first kappa shape index (κ1) is 19.9. The van der Waals surface area contributed by atoms with E-state index >= 15 is 0 Å². The summed E-state index contributed by atoms with van der Waals surface area (Å²) in [7, 11) is 2.25. The number of alkyl carbamates (subject to hydrolysis) is 1. The molecule has 0 saturated carbocycles. The predicted molar refractivity (Wildman–Crippen MR) is 81.3 cm³/mol. The number of nitrogens with one attached hydrogen (secondary N) is 1. The molecule has 0 bridgehead atoms. The third kappa shape index (κ3) is 10.3. The van der Waals surface area contributed by atoms with Crippen LogP contribution in [0.15, 0.2) is 0 Å². The van der Waals surface area contributed by atoms with Crippen molar-refractivity contribution in [2.45, 2.75) is 38.5 Å². The summed E-state index contributed by atoms with van der Waals surface area (Å²) in [6.07, 6.45) is -0.817. The molecule has 8 nitrogen and oxygen atoms in total. The van der Waals surface area contributed by atoms with Crippen molar-refractivity contribution in [3.8, 4) is 0 Å². The van der Waals surface area contributed by atoms with E-state index in [-0.39, 0.29) is 11.5 Å². The molecule has 0 saturated heterocycles. The van der Waals surface area contributed by atoms with Crippen molar-refractivity contribution in [1.29, 1.82) is 0 Å². The average molecular weight is 340 g/mol. The summed E-state index contributed by atoms with van der Waals surface area (Å²) < 4.78 is 4.97. The van der Waals surface area contributed by atoms with E-state index in [2.05, 4.69) is 5.32 Å². The van der Waals surface area contributed by atoms with Crippen molar-refractivity contribution < 1.29 is 29.3 Å². The highest BCUT2D eigenvalue weighted by Gasteiger charge is 2.24. The molecule has 2 atom stereocenters. The number of carboxylic acid groups (broad SMARTS) is 2. The van der Waals surface area contributed by atoms with Gasteiger partial charge in [-0.2, -0.15) is 0 Å². The fourth-order valence-corrected chi connectivity index (χ4v) is 3.20. The molecule has 0 fully saturated rings. The van der Waals surface area contributed by atoms with Gasteiger partial charge >= 0.3 is 18.0 Å². The highest BCUT2D eigenvalue weighted by atomic mass is 33.1. The summed E-state index contributed by atoms with van der Waals surface area (Å²) in [5.74, 6) is -2.12. The summed E-state index contributed by atoms with van der Waals surface area (Å²) >= 11 is 0. The Morgan fingerprint density at radius 2 is 1.67 bits per heavy atom.